The molecule has 30 heavy (non-hydrogen) atoms. The van der Waals surface area contributed by atoms with Gasteiger partial charge < -0.3 is 5.32 Å². The molecule has 0 saturated heterocycles. The van der Waals surface area contributed by atoms with Gasteiger partial charge in [0.1, 0.15) is 6.04 Å². The molecule has 0 fully saturated rings. The fraction of sp³-hybridized carbons (Fsp3) is 0.125. The molecule has 1 aliphatic heterocycles. The van der Waals surface area contributed by atoms with E-state index >= 15 is 0 Å². The van der Waals surface area contributed by atoms with E-state index in [9.17, 15) is 14.4 Å². The molecule has 0 aliphatic carbocycles. The third-order valence-corrected chi connectivity index (χ3v) is 5.75. The minimum atomic E-state index is -0.979. The number of halogens is 1. The van der Waals surface area contributed by atoms with E-state index in [2.05, 4.69) is 21.2 Å². The number of benzene rings is 3. The maximum Gasteiger partial charge on any atom is 0.262 e. The second kappa shape index (κ2) is 8.24. The number of hydrogen-bond acceptors (Lipinski definition) is 3. The van der Waals surface area contributed by atoms with E-state index in [0.717, 1.165) is 20.5 Å². The predicted molar refractivity (Wildman–Crippen MR) is 118 cm³/mol. The molecule has 0 bridgehead atoms. The molecule has 3 aromatic rings. The molecule has 1 heterocycles. The lowest BCUT2D eigenvalue weighted by molar-refractivity contribution is -0.119. The molecule has 5 nitrogen and oxygen atoms in total. The van der Waals surface area contributed by atoms with Crippen LogP contribution in [0.5, 0.6) is 0 Å². The van der Waals surface area contributed by atoms with E-state index in [1.807, 2.05) is 49.4 Å². The Balaban J connectivity index is 1.69. The van der Waals surface area contributed by atoms with Crippen LogP contribution in [0, 0.1) is 6.92 Å². The van der Waals surface area contributed by atoms with Crippen molar-refractivity contribution in [1.29, 1.82) is 0 Å². The predicted octanol–water partition coefficient (Wildman–Crippen LogP) is 4.60. The van der Waals surface area contributed by atoms with Gasteiger partial charge in [-0.25, -0.2) is 0 Å². The summed E-state index contributed by atoms with van der Waals surface area (Å²) in [6.45, 7) is 1.95. The summed E-state index contributed by atoms with van der Waals surface area (Å²) in [4.78, 5) is 40.4. The lowest BCUT2D eigenvalue weighted by Gasteiger charge is -2.26. The van der Waals surface area contributed by atoms with Crippen LogP contribution in [0.1, 0.15) is 31.8 Å². The molecule has 0 unspecified atom stereocenters. The van der Waals surface area contributed by atoms with Gasteiger partial charge in [-0.2, -0.15) is 0 Å². The third kappa shape index (κ3) is 3.78. The molecule has 3 amide bonds. The van der Waals surface area contributed by atoms with Crippen LogP contribution in [-0.2, 0) is 11.2 Å². The number of carbonyl (C=O) groups is 3. The van der Waals surface area contributed by atoms with Crippen LogP contribution >= 0.6 is 15.9 Å². The van der Waals surface area contributed by atoms with Crippen molar-refractivity contribution in [2.45, 2.75) is 19.4 Å². The molecule has 150 valence electrons. The van der Waals surface area contributed by atoms with E-state index in [1.54, 1.807) is 30.3 Å². The van der Waals surface area contributed by atoms with Crippen LogP contribution in [0.25, 0.3) is 0 Å². The van der Waals surface area contributed by atoms with Gasteiger partial charge in [0.05, 0.1) is 16.8 Å². The maximum absolute atomic E-state index is 13.3. The van der Waals surface area contributed by atoms with Crippen LogP contribution in [0.4, 0.5) is 5.69 Å². The van der Waals surface area contributed by atoms with Crippen molar-refractivity contribution >= 4 is 39.3 Å². The van der Waals surface area contributed by atoms with Gasteiger partial charge in [-0.3, -0.25) is 19.3 Å². The summed E-state index contributed by atoms with van der Waals surface area (Å²) < 4.78 is 0.733. The molecule has 1 aliphatic rings. The number of hydrogen-bond donors (Lipinski definition) is 1. The minimum Gasteiger partial charge on any atom is -0.323 e. The van der Waals surface area contributed by atoms with Crippen molar-refractivity contribution < 1.29 is 14.4 Å². The fourth-order valence-corrected chi connectivity index (χ4v) is 4.16. The Kier molecular flexibility index (Phi) is 5.50. The zero-order valence-corrected chi connectivity index (χ0v) is 17.8. The van der Waals surface area contributed by atoms with Gasteiger partial charge in [-0.1, -0.05) is 48.5 Å². The van der Waals surface area contributed by atoms with Gasteiger partial charge in [-0.15, -0.1) is 0 Å². The third-order valence-electron chi connectivity index (χ3n) is 5.09. The number of anilines is 1. The van der Waals surface area contributed by atoms with Gasteiger partial charge >= 0.3 is 0 Å². The van der Waals surface area contributed by atoms with E-state index in [-0.39, 0.29) is 6.42 Å². The highest BCUT2D eigenvalue weighted by molar-refractivity contribution is 9.10. The molecule has 6 heteroatoms. The number of fused-ring (bicyclic) bond motifs is 1. The first-order valence-corrected chi connectivity index (χ1v) is 10.3. The number of carbonyl (C=O) groups excluding carboxylic acids is 3. The Morgan fingerprint density at radius 2 is 1.53 bits per heavy atom. The number of nitrogens with one attached hydrogen (secondary N) is 1. The van der Waals surface area contributed by atoms with Crippen molar-refractivity contribution in [1.82, 2.24) is 4.90 Å². The van der Waals surface area contributed by atoms with Gasteiger partial charge in [0.25, 0.3) is 11.8 Å². The summed E-state index contributed by atoms with van der Waals surface area (Å²) in [5.74, 6) is -1.32. The van der Waals surface area contributed by atoms with Crippen molar-refractivity contribution in [3.8, 4) is 0 Å². The lowest BCUT2D eigenvalue weighted by atomic mass is 10.0. The van der Waals surface area contributed by atoms with Gasteiger partial charge in [-0.05, 0) is 58.2 Å². The van der Waals surface area contributed by atoms with Gasteiger partial charge in [0, 0.05) is 10.9 Å². The fourth-order valence-electron chi connectivity index (χ4n) is 3.57. The van der Waals surface area contributed by atoms with E-state index in [4.69, 9.17) is 0 Å². The first-order valence-electron chi connectivity index (χ1n) is 9.53. The number of imide groups is 1. The van der Waals surface area contributed by atoms with E-state index < -0.39 is 23.8 Å². The highest BCUT2D eigenvalue weighted by Gasteiger charge is 2.42. The second-order valence-corrected chi connectivity index (χ2v) is 8.06. The summed E-state index contributed by atoms with van der Waals surface area (Å²) in [7, 11) is 0. The van der Waals surface area contributed by atoms with Crippen LogP contribution in [0.3, 0.4) is 0 Å². The van der Waals surface area contributed by atoms with Crippen molar-refractivity contribution in [3.05, 3.63) is 99.5 Å². The molecular formula is C24H19BrN2O3. The highest BCUT2D eigenvalue weighted by Crippen LogP contribution is 2.28. The summed E-state index contributed by atoms with van der Waals surface area (Å²) in [5.41, 5.74) is 3.13. The van der Waals surface area contributed by atoms with Crippen LogP contribution < -0.4 is 5.32 Å². The molecule has 0 aromatic heterocycles. The minimum absolute atomic E-state index is 0.224. The molecule has 3 aromatic carbocycles. The zero-order chi connectivity index (χ0) is 21.3. The number of nitrogens with zero attached hydrogens (tertiary/aromatic N) is 1. The smallest absolute Gasteiger partial charge is 0.262 e. The average molecular weight is 463 g/mol. The Hall–Kier alpha value is -3.25. The molecule has 4 rings (SSSR count). The first kappa shape index (κ1) is 20.0. The molecule has 1 atom stereocenters. The molecule has 0 saturated carbocycles. The Morgan fingerprint density at radius 1 is 0.933 bits per heavy atom. The monoisotopic (exact) mass is 462 g/mol. The zero-order valence-electron chi connectivity index (χ0n) is 16.3. The summed E-state index contributed by atoms with van der Waals surface area (Å²) >= 11 is 3.46. The summed E-state index contributed by atoms with van der Waals surface area (Å²) in [6.07, 6.45) is 0.224. The largest absolute Gasteiger partial charge is 0.323 e. The van der Waals surface area contributed by atoms with Crippen molar-refractivity contribution in [2.24, 2.45) is 0 Å². The van der Waals surface area contributed by atoms with Crippen molar-refractivity contribution in [2.75, 3.05) is 5.32 Å². The summed E-state index contributed by atoms with van der Waals surface area (Å²) in [5, 5.41) is 2.87. The normalized spacial score (nSPS) is 13.9. The van der Waals surface area contributed by atoms with Crippen LogP contribution in [-0.4, -0.2) is 28.7 Å². The molecule has 0 radical (unpaired) electrons. The molecular weight excluding hydrogens is 444 g/mol. The second-order valence-electron chi connectivity index (χ2n) is 7.20. The van der Waals surface area contributed by atoms with Crippen molar-refractivity contribution in [3.63, 3.8) is 0 Å². The van der Waals surface area contributed by atoms with Crippen LogP contribution in [0.2, 0.25) is 0 Å². The summed E-state index contributed by atoms with van der Waals surface area (Å²) in [6, 6.07) is 20.6. The number of amides is 3. The SMILES string of the molecule is Cc1ccc(NC(=O)[C@@H](Cc2ccccc2)N2C(=O)c3ccccc3C2=O)c(Br)c1. The standard InChI is InChI=1S/C24H19BrN2O3/c1-15-11-12-20(19(25)13-15)26-22(28)21(14-16-7-3-2-4-8-16)27-23(29)17-9-5-6-10-18(17)24(27)30/h2-13,21H,14H2,1H3,(H,26,28)/t21-/m1/s1. The van der Waals surface area contributed by atoms with Gasteiger partial charge in [0.2, 0.25) is 5.91 Å². The average Bonchev–Trinajstić information content (AvgIpc) is 3.00. The Labute approximate surface area is 182 Å². The Morgan fingerprint density at radius 3 is 2.13 bits per heavy atom. The first-order chi connectivity index (χ1) is 14.5. The van der Waals surface area contributed by atoms with Gasteiger partial charge in [0.15, 0.2) is 0 Å². The highest BCUT2D eigenvalue weighted by atomic mass is 79.9. The molecule has 1 N–H and O–H groups in total. The van der Waals surface area contributed by atoms with E-state index in [0.29, 0.717) is 16.8 Å². The lowest BCUT2D eigenvalue weighted by Crippen LogP contribution is -2.48. The van der Waals surface area contributed by atoms with E-state index in [1.165, 1.54) is 0 Å². The topological polar surface area (TPSA) is 66.5 Å². The Bertz CT molecular complexity index is 1110. The van der Waals surface area contributed by atoms with Crippen LogP contribution in [0.15, 0.2) is 77.3 Å². The number of rotatable bonds is 5. The molecule has 0 spiro atoms. The maximum atomic E-state index is 13.3. The number of aryl methyl sites for hydroxylation is 1. The quantitative estimate of drug-likeness (QED) is 0.563.